The smallest absolute Gasteiger partial charge is 0.316 e. The van der Waals surface area contributed by atoms with Crippen LogP contribution >= 0.6 is 0 Å². The summed E-state index contributed by atoms with van der Waals surface area (Å²) < 4.78 is 7.05. The van der Waals surface area contributed by atoms with Crippen LogP contribution in [0.15, 0.2) is 30.3 Å². The molecule has 0 fully saturated rings. The molecule has 1 aromatic carbocycles. The van der Waals surface area contributed by atoms with Crippen LogP contribution in [0.4, 0.5) is 0 Å². The lowest BCUT2D eigenvalue weighted by molar-refractivity contribution is 0.354. The largest absolute Gasteiger partial charge is 0.467 e. The first kappa shape index (κ1) is 12.6. The van der Waals surface area contributed by atoms with Crippen LogP contribution in [0.3, 0.4) is 0 Å². The lowest BCUT2D eigenvalue weighted by Crippen LogP contribution is -2.19. The highest BCUT2D eigenvalue weighted by molar-refractivity contribution is 5.18. The van der Waals surface area contributed by atoms with Crippen molar-refractivity contribution in [2.75, 3.05) is 7.11 Å². The topological polar surface area (TPSA) is 66.0 Å². The van der Waals surface area contributed by atoms with Gasteiger partial charge in [-0.15, -0.1) is 5.10 Å². The van der Waals surface area contributed by atoms with Gasteiger partial charge in [-0.3, -0.25) is 4.57 Å². The van der Waals surface area contributed by atoms with Crippen LogP contribution in [0.1, 0.15) is 24.4 Å². The van der Waals surface area contributed by atoms with Crippen LogP contribution in [0.25, 0.3) is 0 Å². The molecule has 0 aliphatic carbocycles. The van der Waals surface area contributed by atoms with Crippen LogP contribution < -0.4 is 10.5 Å². The van der Waals surface area contributed by atoms with Gasteiger partial charge in [0.15, 0.2) is 5.82 Å². The first-order valence-corrected chi connectivity index (χ1v) is 6.02. The van der Waals surface area contributed by atoms with E-state index in [2.05, 4.69) is 22.3 Å². The molecule has 2 aromatic rings. The molecule has 0 bridgehead atoms. The van der Waals surface area contributed by atoms with Gasteiger partial charge in [-0.1, -0.05) is 35.4 Å². The minimum absolute atomic E-state index is 0.177. The van der Waals surface area contributed by atoms with Crippen LogP contribution in [0.2, 0.25) is 0 Å². The number of rotatable bonds is 5. The quantitative estimate of drug-likeness (QED) is 0.869. The lowest BCUT2D eigenvalue weighted by atomic mass is 10.1. The zero-order chi connectivity index (χ0) is 13.0. The molecule has 0 spiro atoms. The lowest BCUT2D eigenvalue weighted by Gasteiger charge is -2.12. The van der Waals surface area contributed by atoms with Crippen LogP contribution in [-0.4, -0.2) is 21.9 Å². The maximum atomic E-state index is 6.19. The van der Waals surface area contributed by atoms with Crippen molar-refractivity contribution in [2.45, 2.75) is 25.9 Å². The van der Waals surface area contributed by atoms with Crippen molar-refractivity contribution in [3.8, 4) is 6.01 Å². The van der Waals surface area contributed by atoms with Crippen molar-refractivity contribution in [1.82, 2.24) is 14.8 Å². The molecule has 96 valence electrons. The van der Waals surface area contributed by atoms with Gasteiger partial charge in [-0.2, -0.15) is 0 Å². The van der Waals surface area contributed by atoms with Gasteiger partial charge in [-0.25, -0.2) is 0 Å². The minimum atomic E-state index is -0.177. The van der Waals surface area contributed by atoms with Gasteiger partial charge in [0, 0.05) is 6.54 Å². The van der Waals surface area contributed by atoms with Gasteiger partial charge in [0.25, 0.3) is 0 Å². The Bertz CT molecular complexity index is 495. The molecule has 18 heavy (non-hydrogen) atoms. The van der Waals surface area contributed by atoms with Crippen molar-refractivity contribution in [3.63, 3.8) is 0 Å². The van der Waals surface area contributed by atoms with Gasteiger partial charge < -0.3 is 10.5 Å². The summed E-state index contributed by atoms with van der Waals surface area (Å²) in [6, 6.07) is 10.5. The number of benzene rings is 1. The predicted molar refractivity (Wildman–Crippen MR) is 69.3 cm³/mol. The molecule has 1 heterocycles. The molecule has 0 radical (unpaired) electrons. The highest BCUT2D eigenvalue weighted by atomic mass is 16.5. The second-order valence-corrected chi connectivity index (χ2v) is 4.09. The van der Waals surface area contributed by atoms with Gasteiger partial charge in [-0.05, 0) is 18.9 Å². The summed E-state index contributed by atoms with van der Waals surface area (Å²) in [5.41, 5.74) is 7.38. The van der Waals surface area contributed by atoms with E-state index in [9.17, 15) is 0 Å². The van der Waals surface area contributed by atoms with Crippen molar-refractivity contribution >= 4 is 0 Å². The molecule has 0 unspecified atom stereocenters. The van der Waals surface area contributed by atoms with E-state index in [0.29, 0.717) is 6.01 Å². The zero-order valence-electron chi connectivity index (χ0n) is 10.7. The first-order valence-electron chi connectivity index (χ1n) is 6.02. The fourth-order valence-electron chi connectivity index (χ4n) is 1.98. The molecule has 0 amide bonds. The average molecular weight is 246 g/mol. The number of ether oxygens (including phenoxy) is 1. The van der Waals surface area contributed by atoms with Crippen molar-refractivity contribution in [1.29, 1.82) is 0 Å². The molecule has 0 aliphatic heterocycles. The van der Waals surface area contributed by atoms with Crippen molar-refractivity contribution < 1.29 is 4.74 Å². The predicted octanol–water partition coefficient (Wildman–Crippen LogP) is 1.55. The Labute approximate surface area is 107 Å². The summed E-state index contributed by atoms with van der Waals surface area (Å²) in [5, 5.41) is 8.10. The normalized spacial score (nSPS) is 12.4. The average Bonchev–Trinajstić information content (AvgIpc) is 2.82. The summed E-state index contributed by atoms with van der Waals surface area (Å²) in [6.07, 6.45) is 0.739. The third kappa shape index (κ3) is 2.51. The Kier molecular flexibility index (Phi) is 3.94. The van der Waals surface area contributed by atoms with E-state index in [1.807, 2.05) is 29.7 Å². The van der Waals surface area contributed by atoms with Gasteiger partial charge in [0.1, 0.15) is 0 Å². The third-order valence-electron chi connectivity index (χ3n) is 2.87. The Balaban J connectivity index is 2.18. The third-order valence-corrected chi connectivity index (χ3v) is 2.87. The highest BCUT2D eigenvalue weighted by Gasteiger charge is 2.17. The minimum Gasteiger partial charge on any atom is -0.467 e. The van der Waals surface area contributed by atoms with E-state index < -0.39 is 0 Å². The summed E-state index contributed by atoms with van der Waals surface area (Å²) in [5.74, 6) is 0.762. The number of hydrogen-bond donors (Lipinski definition) is 1. The van der Waals surface area contributed by atoms with E-state index >= 15 is 0 Å². The molecule has 5 heteroatoms. The molecule has 1 atom stereocenters. The summed E-state index contributed by atoms with van der Waals surface area (Å²) in [4.78, 5) is 0. The number of nitrogens with two attached hydrogens (primary N) is 1. The Morgan fingerprint density at radius 3 is 2.61 bits per heavy atom. The molecule has 0 aliphatic rings. The van der Waals surface area contributed by atoms with E-state index in [-0.39, 0.29) is 6.04 Å². The zero-order valence-corrected chi connectivity index (χ0v) is 10.7. The van der Waals surface area contributed by atoms with Crippen molar-refractivity contribution in [3.05, 3.63) is 41.7 Å². The first-order chi connectivity index (χ1) is 8.76. The Morgan fingerprint density at radius 2 is 2.00 bits per heavy atom. The van der Waals surface area contributed by atoms with Crippen molar-refractivity contribution in [2.24, 2.45) is 5.73 Å². The summed E-state index contributed by atoms with van der Waals surface area (Å²) >= 11 is 0. The molecule has 0 saturated carbocycles. The fraction of sp³-hybridized carbons (Fsp3) is 0.385. The second-order valence-electron chi connectivity index (χ2n) is 4.09. The molecule has 0 saturated heterocycles. The molecule has 2 N–H and O–H groups in total. The molecule has 2 rings (SSSR count). The van der Waals surface area contributed by atoms with E-state index in [1.54, 1.807) is 7.11 Å². The number of methoxy groups -OCH3 is 1. The fourth-order valence-corrected chi connectivity index (χ4v) is 1.98. The highest BCUT2D eigenvalue weighted by Crippen LogP contribution is 2.18. The van der Waals surface area contributed by atoms with Gasteiger partial charge in [0.2, 0.25) is 0 Å². The van der Waals surface area contributed by atoms with E-state index in [1.165, 1.54) is 5.56 Å². The van der Waals surface area contributed by atoms with Crippen LogP contribution in [-0.2, 0) is 13.0 Å². The van der Waals surface area contributed by atoms with Crippen LogP contribution in [0.5, 0.6) is 6.01 Å². The molecule has 1 aromatic heterocycles. The summed E-state index contributed by atoms with van der Waals surface area (Å²) in [6.45, 7) is 2.76. The number of aromatic nitrogens is 3. The van der Waals surface area contributed by atoms with E-state index in [4.69, 9.17) is 10.5 Å². The Hall–Kier alpha value is -1.88. The van der Waals surface area contributed by atoms with E-state index in [0.717, 1.165) is 18.8 Å². The SMILES string of the molecule is CCn1c(OC)nnc1[C@H](N)Cc1ccccc1. The summed E-state index contributed by atoms with van der Waals surface area (Å²) in [7, 11) is 1.59. The van der Waals surface area contributed by atoms with Gasteiger partial charge in [0.05, 0.1) is 13.2 Å². The Morgan fingerprint density at radius 1 is 1.28 bits per heavy atom. The molecular weight excluding hydrogens is 228 g/mol. The standard InChI is InChI=1S/C13H18N4O/c1-3-17-12(15-16-13(17)18-2)11(14)9-10-7-5-4-6-8-10/h4-8,11H,3,9,14H2,1-2H3/t11-/m1/s1. The second kappa shape index (κ2) is 5.64. The van der Waals surface area contributed by atoms with Gasteiger partial charge >= 0.3 is 6.01 Å². The monoisotopic (exact) mass is 246 g/mol. The van der Waals surface area contributed by atoms with Crippen LogP contribution in [0, 0.1) is 0 Å². The molecule has 5 nitrogen and oxygen atoms in total. The maximum Gasteiger partial charge on any atom is 0.316 e. The molecular formula is C13H18N4O. The number of nitrogens with zero attached hydrogens (tertiary/aromatic N) is 3. The maximum absolute atomic E-state index is 6.19. The number of hydrogen-bond acceptors (Lipinski definition) is 4.